The number of hydrogen-bond donors (Lipinski definition) is 2. The summed E-state index contributed by atoms with van der Waals surface area (Å²) in [6, 6.07) is 7.69. The highest BCUT2D eigenvalue weighted by molar-refractivity contribution is 7.98. The van der Waals surface area contributed by atoms with E-state index in [0.717, 1.165) is 10.5 Å². The van der Waals surface area contributed by atoms with Gasteiger partial charge in [0.15, 0.2) is 0 Å². The number of amides is 2. The van der Waals surface area contributed by atoms with Crippen molar-refractivity contribution in [1.82, 2.24) is 5.32 Å². The number of nitrogens with two attached hydrogens (primary N) is 1. The first-order valence-electron chi connectivity index (χ1n) is 5.59. The molecule has 0 saturated heterocycles. The van der Waals surface area contributed by atoms with Gasteiger partial charge in [0.2, 0.25) is 11.8 Å². The SMILES string of the molecule is CSc1ccccc1CC(=O)NC(C)(C)C(N)=O. The summed E-state index contributed by atoms with van der Waals surface area (Å²) in [6.45, 7) is 3.18. The van der Waals surface area contributed by atoms with E-state index in [1.54, 1.807) is 25.6 Å². The van der Waals surface area contributed by atoms with Crippen molar-refractivity contribution in [1.29, 1.82) is 0 Å². The van der Waals surface area contributed by atoms with Crippen LogP contribution < -0.4 is 11.1 Å². The largest absolute Gasteiger partial charge is 0.368 e. The highest BCUT2D eigenvalue weighted by Gasteiger charge is 2.26. The maximum absolute atomic E-state index is 11.9. The first-order valence-corrected chi connectivity index (χ1v) is 6.82. The van der Waals surface area contributed by atoms with Gasteiger partial charge in [-0.1, -0.05) is 18.2 Å². The average molecular weight is 266 g/mol. The fraction of sp³-hybridized carbons (Fsp3) is 0.385. The summed E-state index contributed by atoms with van der Waals surface area (Å²) in [7, 11) is 0. The second-order valence-electron chi connectivity index (χ2n) is 4.53. The minimum atomic E-state index is -1.02. The first kappa shape index (κ1) is 14.6. The molecule has 3 N–H and O–H groups in total. The Morgan fingerprint density at radius 3 is 2.50 bits per heavy atom. The Morgan fingerprint density at radius 2 is 1.94 bits per heavy atom. The zero-order valence-corrected chi connectivity index (χ0v) is 11.6. The normalized spacial score (nSPS) is 11.1. The maximum Gasteiger partial charge on any atom is 0.242 e. The molecule has 0 aromatic heterocycles. The van der Waals surface area contributed by atoms with Crippen LogP contribution in [0.2, 0.25) is 0 Å². The fourth-order valence-corrected chi connectivity index (χ4v) is 2.09. The van der Waals surface area contributed by atoms with E-state index in [1.165, 1.54) is 0 Å². The average Bonchev–Trinajstić information content (AvgIpc) is 2.28. The Morgan fingerprint density at radius 1 is 1.33 bits per heavy atom. The Bertz CT molecular complexity index is 458. The molecule has 4 nitrogen and oxygen atoms in total. The summed E-state index contributed by atoms with van der Waals surface area (Å²) >= 11 is 1.59. The lowest BCUT2D eigenvalue weighted by molar-refractivity contribution is -0.130. The number of primary amides is 1. The van der Waals surface area contributed by atoms with Gasteiger partial charge in [0.1, 0.15) is 5.54 Å². The Kier molecular flexibility index (Phi) is 4.78. The summed E-state index contributed by atoms with van der Waals surface area (Å²) < 4.78 is 0. The monoisotopic (exact) mass is 266 g/mol. The third-order valence-electron chi connectivity index (χ3n) is 2.61. The summed E-state index contributed by atoms with van der Waals surface area (Å²) in [6.07, 6.45) is 2.21. The van der Waals surface area contributed by atoms with Crippen molar-refractivity contribution in [2.75, 3.05) is 6.26 Å². The number of nitrogens with one attached hydrogen (secondary N) is 1. The quantitative estimate of drug-likeness (QED) is 0.790. The van der Waals surface area contributed by atoms with Crippen molar-refractivity contribution in [3.8, 4) is 0 Å². The fourth-order valence-electron chi connectivity index (χ4n) is 1.48. The molecule has 0 heterocycles. The van der Waals surface area contributed by atoms with Crippen LogP contribution in [0.4, 0.5) is 0 Å². The molecule has 98 valence electrons. The van der Waals surface area contributed by atoms with Crippen molar-refractivity contribution in [3.05, 3.63) is 29.8 Å². The predicted octanol–water partition coefficient (Wildman–Crippen LogP) is 1.33. The smallest absolute Gasteiger partial charge is 0.242 e. The van der Waals surface area contributed by atoms with Gasteiger partial charge >= 0.3 is 0 Å². The minimum Gasteiger partial charge on any atom is -0.368 e. The molecule has 2 amide bonds. The third-order valence-corrected chi connectivity index (χ3v) is 3.45. The van der Waals surface area contributed by atoms with Gasteiger partial charge in [-0.15, -0.1) is 11.8 Å². The third kappa shape index (κ3) is 3.77. The molecular weight excluding hydrogens is 248 g/mol. The van der Waals surface area contributed by atoms with Crippen molar-refractivity contribution < 1.29 is 9.59 Å². The molecule has 0 aliphatic heterocycles. The standard InChI is InChI=1S/C13H18N2O2S/c1-13(2,12(14)17)15-11(16)8-9-6-4-5-7-10(9)18-3/h4-7H,8H2,1-3H3,(H2,14,17)(H,15,16). The summed E-state index contributed by atoms with van der Waals surface area (Å²) in [5.74, 6) is -0.755. The van der Waals surface area contributed by atoms with Crippen LogP contribution in [0.25, 0.3) is 0 Å². The van der Waals surface area contributed by atoms with E-state index in [1.807, 2.05) is 30.5 Å². The van der Waals surface area contributed by atoms with Crippen LogP contribution in [0, 0.1) is 0 Å². The highest BCUT2D eigenvalue weighted by Crippen LogP contribution is 2.20. The number of hydrogen-bond acceptors (Lipinski definition) is 3. The van der Waals surface area contributed by atoms with Crippen LogP contribution in [-0.4, -0.2) is 23.6 Å². The number of benzene rings is 1. The first-order chi connectivity index (χ1) is 8.36. The number of rotatable bonds is 5. The van der Waals surface area contributed by atoms with E-state index < -0.39 is 11.4 Å². The molecule has 1 aromatic carbocycles. The topological polar surface area (TPSA) is 72.2 Å². The maximum atomic E-state index is 11.9. The molecule has 1 aromatic rings. The molecule has 5 heteroatoms. The van der Waals surface area contributed by atoms with Gasteiger partial charge in [0.05, 0.1) is 6.42 Å². The molecule has 0 fully saturated rings. The molecule has 0 atom stereocenters. The molecule has 0 aliphatic carbocycles. The second-order valence-corrected chi connectivity index (χ2v) is 5.37. The van der Waals surface area contributed by atoms with E-state index in [2.05, 4.69) is 5.32 Å². The van der Waals surface area contributed by atoms with Crippen molar-refractivity contribution in [3.63, 3.8) is 0 Å². The molecule has 1 rings (SSSR count). The van der Waals surface area contributed by atoms with Crippen LogP contribution in [0.5, 0.6) is 0 Å². The molecule has 0 spiro atoms. The van der Waals surface area contributed by atoms with E-state index in [-0.39, 0.29) is 12.3 Å². The van der Waals surface area contributed by atoms with Crippen LogP contribution in [0.1, 0.15) is 19.4 Å². The Balaban J connectivity index is 2.74. The lowest BCUT2D eigenvalue weighted by Crippen LogP contribution is -2.53. The van der Waals surface area contributed by atoms with Crippen LogP contribution in [0.15, 0.2) is 29.2 Å². The van der Waals surface area contributed by atoms with Gasteiger partial charge < -0.3 is 11.1 Å². The molecule has 0 saturated carbocycles. The number of carbonyl (C=O) groups is 2. The highest BCUT2D eigenvalue weighted by atomic mass is 32.2. The predicted molar refractivity (Wildman–Crippen MR) is 73.3 cm³/mol. The van der Waals surface area contributed by atoms with Crippen molar-refractivity contribution in [2.24, 2.45) is 5.73 Å². The van der Waals surface area contributed by atoms with Crippen molar-refractivity contribution in [2.45, 2.75) is 30.7 Å². The van der Waals surface area contributed by atoms with Gasteiger partial charge in [0.25, 0.3) is 0 Å². The Labute approximate surface area is 111 Å². The minimum absolute atomic E-state index is 0.208. The van der Waals surface area contributed by atoms with Gasteiger partial charge in [0, 0.05) is 4.90 Å². The molecule has 0 radical (unpaired) electrons. The summed E-state index contributed by atoms with van der Waals surface area (Å²) in [4.78, 5) is 24.1. The Hall–Kier alpha value is -1.49. The molecule has 18 heavy (non-hydrogen) atoms. The van der Waals surface area contributed by atoms with Gasteiger partial charge in [-0.25, -0.2) is 0 Å². The number of thioether (sulfide) groups is 1. The van der Waals surface area contributed by atoms with Gasteiger partial charge in [-0.05, 0) is 31.7 Å². The van der Waals surface area contributed by atoms with E-state index in [9.17, 15) is 9.59 Å². The lowest BCUT2D eigenvalue weighted by atomic mass is 10.0. The van der Waals surface area contributed by atoms with E-state index in [0.29, 0.717) is 0 Å². The van der Waals surface area contributed by atoms with Gasteiger partial charge in [-0.3, -0.25) is 9.59 Å². The van der Waals surface area contributed by atoms with E-state index >= 15 is 0 Å². The zero-order valence-electron chi connectivity index (χ0n) is 10.8. The molecule has 0 bridgehead atoms. The van der Waals surface area contributed by atoms with Crippen LogP contribution >= 0.6 is 11.8 Å². The second kappa shape index (κ2) is 5.91. The lowest BCUT2D eigenvalue weighted by Gasteiger charge is -2.22. The van der Waals surface area contributed by atoms with Crippen molar-refractivity contribution >= 4 is 23.6 Å². The summed E-state index contributed by atoms with van der Waals surface area (Å²) in [5.41, 5.74) is 5.13. The van der Waals surface area contributed by atoms with Gasteiger partial charge in [-0.2, -0.15) is 0 Å². The molecule has 0 unspecified atom stereocenters. The van der Waals surface area contributed by atoms with E-state index in [4.69, 9.17) is 5.73 Å². The summed E-state index contributed by atoms with van der Waals surface area (Å²) in [5, 5.41) is 2.63. The van der Waals surface area contributed by atoms with Crippen LogP contribution in [0.3, 0.4) is 0 Å². The number of carbonyl (C=O) groups excluding carboxylic acids is 2. The zero-order chi connectivity index (χ0) is 13.8. The molecule has 0 aliphatic rings. The molecular formula is C13H18N2O2S. The van der Waals surface area contributed by atoms with Crippen LogP contribution in [-0.2, 0) is 16.0 Å².